The highest BCUT2D eigenvalue weighted by atomic mass is 19.2. The first-order valence-corrected chi connectivity index (χ1v) is 8.06. The van der Waals surface area contributed by atoms with Gasteiger partial charge in [-0.25, -0.2) is 18.7 Å². The summed E-state index contributed by atoms with van der Waals surface area (Å²) in [4.78, 5) is 22.8. The maximum atomic E-state index is 13.2. The van der Waals surface area contributed by atoms with Crippen LogP contribution in [0.5, 0.6) is 0 Å². The molecule has 0 atom stereocenters. The van der Waals surface area contributed by atoms with Gasteiger partial charge in [0.1, 0.15) is 0 Å². The minimum Gasteiger partial charge on any atom is -0.322 e. The average molecular weight is 352 g/mol. The van der Waals surface area contributed by atoms with Gasteiger partial charge in [-0.3, -0.25) is 4.79 Å². The number of rotatable bonds is 3. The van der Waals surface area contributed by atoms with Crippen LogP contribution < -0.4 is 10.2 Å². The second-order valence-electron chi connectivity index (χ2n) is 5.89. The summed E-state index contributed by atoms with van der Waals surface area (Å²) in [5, 5.41) is 2.49. The monoisotopic (exact) mass is 352 g/mol. The molecule has 2 aromatic carbocycles. The van der Waals surface area contributed by atoms with E-state index in [0.717, 1.165) is 30.8 Å². The lowest BCUT2D eigenvalue weighted by Gasteiger charge is -2.16. The number of nitrogens with zero attached hydrogens (tertiary/aromatic N) is 3. The predicted molar refractivity (Wildman–Crippen MR) is 93.5 cm³/mol. The number of hydrogen-bond acceptors (Lipinski definition) is 4. The van der Waals surface area contributed by atoms with Crippen LogP contribution in [-0.4, -0.2) is 22.4 Å². The molecule has 0 radical (unpaired) electrons. The number of anilines is 3. The Morgan fingerprint density at radius 1 is 1.04 bits per heavy atom. The van der Waals surface area contributed by atoms with E-state index >= 15 is 0 Å². The summed E-state index contributed by atoms with van der Waals surface area (Å²) in [6.45, 7) is 0.778. The van der Waals surface area contributed by atoms with Gasteiger partial charge in [0.15, 0.2) is 11.6 Å². The molecular formula is C19H14F2N4O. The summed E-state index contributed by atoms with van der Waals surface area (Å²) in [7, 11) is 0. The second-order valence-corrected chi connectivity index (χ2v) is 5.89. The number of aromatic nitrogens is 2. The Bertz CT molecular complexity index is 976. The zero-order valence-corrected chi connectivity index (χ0v) is 13.6. The molecule has 0 saturated heterocycles. The molecular weight excluding hydrogens is 338 g/mol. The van der Waals surface area contributed by atoms with Crippen molar-refractivity contribution in [1.29, 1.82) is 0 Å². The fraction of sp³-hybridized carbons (Fsp3) is 0.105. The van der Waals surface area contributed by atoms with E-state index in [-0.39, 0.29) is 11.3 Å². The normalized spacial score (nSPS) is 12.8. The van der Waals surface area contributed by atoms with Crippen LogP contribution in [0.3, 0.4) is 0 Å². The zero-order valence-electron chi connectivity index (χ0n) is 13.6. The summed E-state index contributed by atoms with van der Waals surface area (Å²) in [6, 6.07) is 11.2. The zero-order chi connectivity index (χ0) is 18.1. The highest BCUT2D eigenvalue weighted by molar-refractivity contribution is 6.03. The summed E-state index contributed by atoms with van der Waals surface area (Å²) >= 11 is 0. The lowest BCUT2D eigenvalue weighted by atomic mass is 10.2. The van der Waals surface area contributed by atoms with Crippen LogP contribution in [-0.2, 0) is 6.42 Å². The van der Waals surface area contributed by atoms with E-state index in [4.69, 9.17) is 0 Å². The molecule has 5 nitrogen and oxygen atoms in total. The van der Waals surface area contributed by atoms with E-state index in [1.165, 1.54) is 24.0 Å². The Labute approximate surface area is 148 Å². The fourth-order valence-corrected chi connectivity index (χ4v) is 2.90. The molecule has 0 bridgehead atoms. The van der Waals surface area contributed by atoms with Crippen molar-refractivity contribution < 1.29 is 13.6 Å². The number of fused-ring (bicyclic) bond motifs is 1. The van der Waals surface area contributed by atoms with Gasteiger partial charge in [0.2, 0.25) is 5.95 Å². The number of nitrogens with one attached hydrogen (secondary N) is 1. The minimum absolute atomic E-state index is 0.159. The van der Waals surface area contributed by atoms with Crippen molar-refractivity contribution in [1.82, 2.24) is 9.97 Å². The van der Waals surface area contributed by atoms with Crippen molar-refractivity contribution in [2.45, 2.75) is 6.42 Å². The highest BCUT2D eigenvalue weighted by Crippen LogP contribution is 2.31. The molecule has 1 amide bonds. The van der Waals surface area contributed by atoms with E-state index in [2.05, 4.69) is 21.4 Å². The molecule has 4 rings (SSSR count). The Balaban J connectivity index is 1.51. The maximum Gasteiger partial charge on any atom is 0.258 e. The van der Waals surface area contributed by atoms with E-state index in [9.17, 15) is 13.6 Å². The van der Waals surface area contributed by atoms with Crippen molar-refractivity contribution in [2.24, 2.45) is 0 Å². The number of halogens is 2. The molecule has 0 fully saturated rings. The molecule has 0 saturated carbocycles. The second kappa shape index (κ2) is 6.51. The molecule has 7 heteroatoms. The first-order valence-electron chi connectivity index (χ1n) is 8.06. The summed E-state index contributed by atoms with van der Waals surface area (Å²) in [6.07, 6.45) is 3.74. The van der Waals surface area contributed by atoms with E-state index in [1.54, 1.807) is 0 Å². The average Bonchev–Trinajstić information content (AvgIpc) is 3.09. The Hall–Kier alpha value is -3.35. The van der Waals surface area contributed by atoms with Gasteiger partial charge in [0.05, 0.1) is 5.56 Å². The number of carbonyl (C=O) groups is 1. The summed E-state index contributed by atoms with van der Waals surface area (Å²) in [5.74, 6) is -1.98. The first-order chi connectivity index (χ1) is 12.6. The third kappa shape index (κ3) is 2.99. The maximum absolute atomic E-state index is 13.2. The van der Waals surface area contributed by atoms with Crippen LogP contribution >= 0.6 is 0 Å². The van der Waals surface area contributed by atoms with Crippen molar-refractivity contribution in [2.75, 3.05) is 16.8 Å². The lowest BCUT2D eigenvalue weighted by molar-refractivity contribution is 0.102. The molecule has 26 heavy (non-hydrogen) atoms. The number of carbonyl (C=O) groups excluding carboxylic acids is 1. The summed E-state index contributed by atoms with van der Waals surface area (Å²) in [5.41, 5.74) is 2.68. The standard InChI is InChI=1S/C19H14F2N4O/c20-15-6-5-14(9-16(15)21)24-18(26)13-10-22-19(23-11-13)25-8-7-12-3-1-2-4-17(12)25/h1-6,9-11H,7-8H2,(H,24,26). The van der Waals surface area contributed by atoms with Crippen molar-refractivity contribution in [3.8, 4) is 0 Å². The van der Waals surface area contributed by atoms with Crippen LogP contribution in [0.4, 0.5) is 26.1 Å². The van der Waals surface area contributed by atoms with Gasteiger partial charge in [-0.05, 0) is 30.2 Å². The molecule has 1 aromatic heterocycles. The molecule has 0 spiro atoms. The number of amides is 1. The molecule has 2 heterocycles. The smallest absolute Gasteiger partial charge is 0.258 e. The lowest BCUT2D eigenvalue weighted by Crippen LogP contribution is -2.18. The van der Waals surface area contributed by atoms with Crippen LogP contribution in [0, 0.1) is 11.6 Å². The number of benzene rings is 2. The van der Waals surface area contributed by atoms with Gasteiger partial charge in [0.25, 0.3) is 5.91 Å². The molecule has 3 aromatic rings. The minimum atomic E-state index is -1.03. The van der Waals surface area contributed by atoms with Crippen LogP contribution in [0.15, 0.2) is 54.9 Å². The quantitative estimate of drug-likeness (QED) is 0.781. The van der Waals surface area contributed by atoms with Gasteiger partial charge in [-0.2, -0.15) is 0 Å². The third-order valence-corrected chi connectivity index (χ3v) is 4.21. The number of hydrogen-bond donors (Lipinski definition) is 1. The van der Waals surface area contributed by atoms with E-state index in [1.807, 2.05) is 23.1 Å². The van der Waals surface area contributed by atoms with Gasteiger partial charge < -0.3 is 10.2 Å². The topological polar surface area (TPSA) is 58.1 Å². The van der Waals surface area contributed by atoms with Crippen LogP contribution in [0.2, 0.25) is 0 Å². The highest BCUT2D eigenvalue weighted by Gasteiger charge is 2.22. The van der Waals surface area contributed by atoms with Crippen molar-refractivity contribution in [3.63, 3.8) is 0 Å². The van der Waals surface area contributed by atoms with Crippen molar-refractivity contribution in [3.05, 3.63) is 77.6 Å². The first kappa shape index (κ1) is 16.1. The van der Waals surface area contributed by atoms with E-state index in [0.29, 0.717) is 5.95 Å². The Morgan fingerprint density at radius 2 is 1.81 bits per heavy atom. The van der Waals surface area contributed by atoms with Gasteiger partial charge in [0, 0.05) is 36.4 Å². The van der Waals surface area contributed by atoms with Crippen LogP contribution in [0.1, 0.15) is 15.9 Å². The largest absolute Gasteiger partial charge is 0.322 e. The van der Waals surface area contributed by atoms with Gasteiger partial charge in [-0.15, -0.1) is 0 Å². The Kier molecular flexibility index (Phi) is 4.04. The molecule has 1 aliphatic heterocycles. The SMILES string of the molecule is O=C(Nc1ccc(F)c(F)c1)c1cnc(N2CCc3ccccc32)nc1. The predicted octanol–water partition coefficient (Wildman–Crippen LogP) is 3.70. The third-order valence-electron chi connectivity index (χ3n) is 4.21. The molecule has 1 N–H and O–H groups in total. The summed E-state index contributed by atoms with van der Waals surface area (Å²) < 4.78 is 26.2. The van der Waals surface area contributed by atoms with E-state index < -0.39 is 17.5 Å². The van der Waals surface area contributed by atoms with Crippen molar-refractivity contribution >= 4 is 23.2 Å². The molecule has 1 aliphatic rings. The van der Waals surface area contributed by atoms with Gasteiger partial charge in [-0.1, -0.05) is 18.2 Å². The number of para-hydroxylation sites is 1. The molecule has 0 unspecified atom stereocenters. The van der Waals surface area contributed by atoms with Gasteiger partial charge >= 0.3 is 0 Å². The molecule has 130 valence electrons. The Morgan fingerprint density at radius 3 is 2.58 bits per heavy atom. The molecule has 0 aliphatic carbocycles. The van der Waals surface area contributed by atoms with Crippen LogP contribution in [0.25, 0.3) is 0 Å². The fourth-order valence-electron chi connectivity index (χ4n) is 2.90.